The average Bonchev–Trinajstić information content (AvgIpc) is 2.37. The lowest BCUT2D eigenvalue weighted by atomic mass is 10.1. The Kier molecular flexibility index (Phi) is 5.69. The molecule has 0 aliphatic rings. The van der Waals surface area contributed by atoms with Crippen LogP contribution in [-0.4, -0.2) is 25.7 Å². The normalized spacial score (nSPS) is 14.0. The summed E-state index contributed by atoms with van der Waals surface area (Å²) in [6, 6.07) is 5.66. The number of carbonyl (C=O) groups is 1. The van der Waals surface area contributed by atoms with Crippen molar-refractivity contribution in [1.29, 1.82) is 0 Å². The van der Waals surface area contributed by atoms with Crippen molar-refractivity contribution in [2.24, 2.45) is 0 Å². The Bertz CT molecular complexity index is 426. The molecule has 106 valence electrons. The van der Waals surface area contributed by atoms with Crippen LogP contribution in [0.1, 0.15) is 25.5 Å². The molecule has 0 radical (unpaired) electrons. The van der Waals surface area contributed by atoms with Crippen molar-refractivity contribution in [2.75, 3.05) is 7.11 Å². The van der Waals surface area contributed by atoms with E-state index in [-0.39, 0.29) is 17.8 Å². The number of ether oxygens (including phenoxy) is 2. The standard InChI is InChI=1S/C13H17F2NO3/c1-8(16-9(2)12(17)18-3)10-5-4-6-11(7-10)19-13(14)15/h4-9,13,16H,1-3H3/t8?,9-/m0/s1. The second-order valence-corrected chi connectivity index (χ2v) is 4.08. The molecule has 0 aliphatic carbocycles. The molecule has 1 unspecified atom stereocenters. The Hall–Kier alpha value is -1.69. The van der Waals surface area contributed by atoms with Crippen LogP contribution in [0.3, 0.4) is 0 Å². The van der Waals surface area contributed by atoms with Crippen molar-refractivity contribution < 1.29 is 23.0 Å². The molecular formula is C13H17F2NO3. The van der Waals surface area contributed by atoms with Gasteiger partial charge in [0.1, 0.15) is 11.8 Å². The van der Waals surface area contributed by atoms with Crippen molar-refractivity contribution in [3.63, 3.8) is 0 Å². The number of halogens is 2. The molecule has 1 N–H and O–H groups in total. The Morgan fingerprint density at radius 2 is 2.00 bits per heavy atom. The Morgan fingerprint density at radius 3 is 2.58 bits per heavy atom. The summed E-state index contributed by atoms with van der Waals surface area (Å²) < 4.78 is 33.2. The van der Waals surface area contributed by atoms with Gasteiger partial charge in [-0.25, -0.2) is 0 Å². The first-order valence-corrected chi connectivity index (χ1v) is 5.82. The van der Waals surface area contributed by atoms with Crippen molar-refractivity contribution in [3.05, 3.63) is 29.8 Å². The van der Waals surface area contributed by atoms with E-state index in [1.54, 1.807) is 19.1 Å². The summed E-state index contributed by atoms with van der Waals surface area (Å²) in [5.74, 6) is -0.293. The van der Waals surface area contributed by atoms with Crippen molar-refractivity contribution >= 4 is 5.97 Å². The summed E-state index contributed by atoms with van der Waals surface area (Å²) in [7, 11) is 1.31. The highest BCUT2D eigenvalue weighted by Gasteiger charge is 2.17. The van der Waals surface area contributed by atoms with E-state index in [9.17, 15) is 13.6 Å². The third-order valence-electron chi connectivity index (χ3n) is 2.64. The van der Waals surface area contributed by atoms with Gasteiger partial charge in [0, 0.05) is 6.04 Å². The number of benzene rings is 1. The maximum atomic E-state index is 12.1. The van der Waals surface area contributed by atoms with Crippen LogP contribution in [0.2, 0.25) is 0 Å². The highest BCUT2D eigenvalue weighted by molar-refractivity contribution is 5.75. The van der Waals surface area contributed by atoms with Crippen LogP contribution in [0.15, 0.2) is 24.3 Å². The van der Waals surface area contributed by atoms with Gasteiger partial charge in [0.25, 0.3) is 0 Å². The number of esters is 1. The Morgan fingerprint density at radius 1 is 1.32 bits per heavy atom. The van der Waals surface area contributed by atoms with Crippen LogP contribution in [0.5, 0.6) is 5.75 Å². The minimum Gasteiger partial charge on any atom is -0.468 e. The fourth-order valence-corrected chi connectivity index (χ4v) is 1.68. The topological polar surface area (TPSA) is 47.6 Å². The number of hydrogen-bond acceptors (Lipinski definition) is 4. The summed E-state index contributed by atoms with van der Waals surface area (Å²) in [5.41, 5.74) is 0.744. The molecule has 1 aromatic carbocycles. The molecule has 0 fully saturated rings. The smallest absolute Gasteiger partial charge is 0.387 e. The van der Waals surface area contributed by atoms with E-state index >= 15 is 0 Å². The lowest BCUT2D eigenvalue weighted by Gasteiger charge is -2.19. The van der Waals surface area contributed by atoms with Crippen molar-refractivity contribution in [2.45, 2.75) is 32.5 Å². The lowest BCUT2D eigenvalue weighted by molar-refractivity contribution is -0.142. The van der Waals surface area contributed by atoms with Gasteiger partial charge >= 0.3 is 12.6 Å². The highest BCUT2D eigenvalue weighted by Crippen LogP contribution is 2.21. The van der Waals surface area contributed by atoms with E-state index in [0.29, 0.717) is 0 Å². The molecule has 2 atom stereocenters. The molecule has 0 aromatic heterocycles. The zero-order chi connectivity index (χ0) is 14.4. The van der Waals surface area contributed by atoms with Crippen LogP contribution in [0.25, 0.3) is 0 Å². The van der Waals surface area contributed by atoms with Crippen LogP contribution in [0.4, 0.5) is 8.78 Å². The Balaban J connectivity index is 2.71. The molecule has 19 heavy (non-hydrogen) atoms. The molecule has 0 saturated heterocycles. The van der Waals surface area contributed by atoms with E-state index in [1.165, 1.54) is 19.2 Å². The molecule has 0 amide bonds. The largest absolute Gasteiger partial charge is 0.468 e. The molecule has 6 heteroatoms. The average molecular weight is 273 g/mol. The molecule has 4 nitrogen and oxygen atoms in total. The molecule has 0 heterocycles. The predicted molar refractivity (Wildman–Crippen MR) is 66.1 cm³/mol. The number of carbonyl (C=O) groups excluding carboxylic acids is 1. The van der Waals surface area contributed by atoms with Crippen LogP contribution >= 0.6 is 0 Å². The molecule has 0 aliphatic heterocycles. The minimum absolute atomic E-state index is 0.0897. The first-order chi connectivity index (χ1) is 8.93. The van der Waals surface area contributed by atoms with Gasteiger partial charge in [0.05, 0.1) is 7.11 Å². The quantitative estimate of drug-likeness (QED) is 0.809. The van der Waals surface area contributed by atoms with Crippen LogP contribution in [-0.2, 0) is 9.53 Å². The zero-order valence-electron chi connectivity index (χ0n) is 11.0. The minimum atomic E-state index is -2.85. The summed E-state index contributed by atoms with van der Waals surface area (Å²) in [6.45, 7) is 0.635. The summed E-state index contributed by atoms with van der Waals surface area (Å²) >= 11 is 0. The van der Waals surface area contributed by atoms with Gasteiger partial charge in [0.2, 0.25) is 0 Å². The summed E-state index contributed by atoms with van der Waals surface area (Å²) in [6.07, 6.45) is 0. The molecule has 0 saturated carbocycles. The van der Waals surface area contributed by atoms with Gasteiger partial charge in [0.15, 0.2) is 0 Å². The van der Waals surface area contributed by atoms with Crippen LogP contribution in [0, 0.1) is 0 Å². The number of hydrogen-bond donors (Lipinski definition) is 1. The number of alkyl halides is 2. The Labute approximate surface area is 110 Å². The third kappa shape index (κ3) is 4.82. The molecule has 1 rings (SSSR count). The van der Waals surface area contributed by atoms with E-state index in [4.69, 9.17) is 0 Å². The molecular weight excluding hydrogens is 256 g/mol. The lowest BCUT2D eigenvalue weighted by Crippen LogP contribution is -2.36. The van der Waals surface area contributed by atoms with E-state index in [2.05, 4.69) is 14.8 Å². The van der Waals surface area contributed by atoms with Gasteiger partial charge in [-0.3, -0.25) is 10.1 Å². The fraction of sp³-hybridized carbons (Fsp3) is 0.462. The fourth-order valence-electron chi connectivity index (χ4n) is 1.68. The first kappa shape index (κ1) is 15.4. The van der Waals surface area contributed by atoms with Crippen molar-refractivity contribution in [3.8, 4) is 5.75 Å². The summed E-state index contributed by atoms with van der Waals surface area (Å²) in [4.78, 5) is 11.3. The highest BCUT2D eigenvalue weighted by atomic mass is 19.3. The maximum Gasteiger partial charge on any atom is 0.387 e. The van der Waals surface area contributed by atoms with Gasteiger partial charge in [-0.05, 0) is 31.5 Å². The van der Waals surface area contributed by atoms with Gasteiger partial charge in [-0.1, -0.05) is 12.1 Å². The van der Waals surface area contributed by atoms with Crippen molar-refractivity contribution in [1.82, 2.24) is 5.32 Å². The molecule has 0 bridgehead atoms. The van der Waals surface area contributed by atoms with E-state index in [0.717, 1.165) is 5.56 Å². The molecule has 0 spiro atoms. The maximum absolute atomic E-state index is 12.1. The second-order valence-electron chi connectivity index (χ2n) is 4.08. The van der Waals surface area contributed by atoms with Gasteiger partial charge in [-0.2, -0.15) is 8.78 Å². The third-order valence-corrected chi connectivity index (χ3v) is 2.64. The van der Waals surface area contributed by atoms with E-state index < -0.39 is 12.7 Å². The second kappa shape index (κ2) is 7.04. The number of nitrogens with one attached hydrogen (secondary N) is 1. The number of rotatable bonds is 6. The van der Waals surface area contributed by atoms with Gasteiger partial charge < -0.3 is 9.47 Å². The number of methoxy groups -OCH3 is 1. The monoisotopic (exact) mass is 273 g/mol. The first-order valence-electron chi connectivity index (χ1n) is 5.82. The summed E-state index contributed by atoms with van der Waals surface area (Å²) in [5, 5.41) is 3.01. The predicted octanol–water partition coefficient (Wildman–Crippen LogP) is 2.50. The molecule has 1 aromatic rings. The SMILES string of the molecule is COC(=O)[C@H](C)NC(C)c1cccc(OC(F)F)c1. The zero-order valence-corrected chi connectivity index (χ0v) is 11.0. The van der Waals surface area contributed by atoms with Gasteiger partial charge in [-0.15, -0.1) is 0 Å². The van der Waals surface area contributed by atoms with Crippen LogP contribution < -0.4 is 10.1 Å². The van der Waals surface area contributed by atoms with E-state index in [1.807, 2.05) is 6.92 Å².